The van der Waals surface area contributed by atoms with Crippen molar-refractivity contribution in [1.29, 1.82) is 0 Å². The predicted octanol–water partition coefficient (Wildman–Crippen LogP) is -0.358. The Morgan fingerprint density at radius 1 is 1.26 bits per heavy atom. The molecule has 6 heteroatoms. The lowest BCUT2D eigenvalue weighted by Crippen LogP contribution is -2.49. The number of fused-ring (bicyclic) bond motifs is 1. The van der Waals surface area contributed by atoms with Crippen LogP contribution in [0.1, 0.15) is 12.8 Å². The lowest BCUT2D eigenvalue weighted by atomic mass is 9.97. The first kappa shape index (κ1) is 12.9. The summed E-state index contributed by atoms with van der Waals surface area (Å²) in [6, 6.07) is 0. The van der Waals surface area contributed by atoms with Gasteiger partial charge in [-0.15, -0.1) is 0 Å². The van der Waals surface area contributed by atoms with Gasteiger partial charge in [0.15, 0.2) is 0 Å². The van der Waals surface area contributed by atoms with Crippen molar-refractivity contribution in [3.63, 3.8) is 0 Å². The number of carbonyl (C=O) groups is 2. The average molecular weight is 268 g/mol. The minimum Gasteiger partial charge on any atom is -0.481 e. The SMILES string of the molecule is O=C(CN1CCC2CC2(C(=O)O)C1)N1CCOCC1. The molecular weight excluding hydrogens is 248 g/mol. The number of amides is 1. The first-order valence-corrected chi connectivity index (χ1v) is 6.93. The van der Waals surface area contributed by atoms with Gasteiger partial charge in [-0.05, 0) is 25.3 Å². The highest BCUT2D eigenvalue weighted by Crippen LogP contribution is 2.57. The largest absolute Gasteiger partial charge is 0.481 e. The van der Waals surface area contributed by atoms with Gasteiger partial charge in [-0.25, -0.2) is 0 Å². The van der Waals surface area contributed by atoms with E-state index in [1.807, 2.05) is 9.80 Å². The van der Waals surface area contributed by atoms with Crippen LogP contribution in [0.15, 0.2) is 0 Å². The molecule has 3 aliphatic rings. The van der Waals surface area contributed by atoms with Crippen molar-refractivity contribution in [1.82, 2.24) is 9.80 Å². The van der Waals surface area contributed by atoms with Crippen LogP contribution in [0, 0.1) is 11.3 Å². The number of carbonyl (C=O) groups excluding carboxylic acids is 1. The number of likely N-dealkylation sites (tertiary alicyclic amines) is 1. The summed E-state index contributed by atoms with van der Waals surface area (Å²) in [5, 5.41) is 9.30. The van der Waals surface area contributed by atoms with Crippen LogP contribution in [-0.4, -0.2) is 72.7 Å². The minimum atomic E-state index is -0.693. The van der Waals surface area contributed by atoms with E-state index in [9.17, 15) is 14.7 Å². The number of rotatable bonds is 3. The van der Waals surface area contributed by atoms with E-state index in [1.165, 1.54) is 0 Å². The van der Waals surface area contributed by atoms with Gasteiger partial charge < -0.3 is 14.7 Å². The number of hydrogen-bond acceptors (Lipinski definition) is 4. The van der Waals surface area contributed by atoms with E-state index in [2.05, 4.69) is 0 Å². The van der Waals surface area contributed by atoms with Crippen molar-refractivity contribution in [3.8, 4) is 0 Å². The molecule has 0 aromatic heterocycles. The topological polar surface area (TPSA) is 70.1 Å². The molecule has 1 amide bonds. The van der Waals surface area contributed by atoms with E-state index in [1.54, 1.807) is 0 Å². The molecule has 3 rings (SSSR count). The summed E-state index contributed by atoms with van der Waals surface area (Å²) in [7, 11) is 0. The third kappa shape index (κ3) is 2.34. The number of aliphatic carboxylic acids is 1. The van der Waals surface area contributed by atoms with Crippen LogP contribution in [0.2, 0.25) is 0 Å². The molecule has 2 saturated heterocycles. The van der Waals surface area contributed by atoms with Crippen LogP contribution in [0.4, 0.5) is 0 Å². The van der Waals surface area contributed by atoms with Gasteiger partial charge in [0.1, 0.15) is 0 Å². The Balaban J connectivity index is 1.55. The second-order valence-corrected chi connectivity index (χ2v) is 5.85. The van der Waals surface area contributed by atoms with Gasteiger partial charge in [-0.2, -0.15) is 0 Å². The molecule has 6 nitrogen and oxygen atoms in total. The Labute approximate surface area is 112 Å². The number of carboxylic acids is 1. The van der Waals surface area contributed by atoms with E-state index in [0.29, 0.717) is 45.3 Å². The molecule has 1 aliphatic carbocycles. The van der Waals surface area contributed by atoms with Crippen LogP contribution in [0.25, 0.3) is 0 Å². The molecule has 0 aromatic carbocycles. The van der Waals surface area contributed by atoms with E-state index < -0.39 is 11.4 Å². The fraction of sp³-hybridized carbons (Fsp3) is 0.846. The first-order chi connectivity index (χ1) is 9.12. The Bertz CT molecular complexity index is 394. The summed E-state index contributed by atoms with van der Waals surface area (Å²) in [5.74, 6) is -0.260. The van der Waals surface area contributed by atoms with Gasteiger partial charge in [-0.3, -0.25) is 14.5 Å². The van der Waals surface area contributed by atoms with Crippen molar-refractivity contribution in [3.05, 3.63) is 0 Å². The zero-order valence-corrected chi connectivity index (χ0v) is 11.0. The Hall–Kier alpha value is -1.14. The molecule has 0 radical (unpaired) electrons. The standard InChI is InChI=1S/C13H20N2O4/c16-11(15-3-5-19-6-4-15)8-14-2-1-10-7-13(10,9-14)12(17)18/h10H,1-9H2,(H,17,18). The smallest absolute Gasteiger partial charge is 0.311 e. The van der Waals surface area contributed by atoms with Crippen LogP contribution >= 0.6 is 0 Å². The second-order valence-electron chi connectivity index (χ2n) is 5.85. The van der Waals surface area contributed by atoms with Gasteiger partial charge in [-0.1, -0.05) is 0 Å². The minimum absolute atomic E-state index is 0.0999. The lowest BCUT2D eigenvalue weighted by molar-refractivity contribution is -0.147. The number of morpholine rings is 1. The maximum atomic E-state index is 12.1. The number of carboxylic acid groups (broad SMARTS) is 1. The zero-order valence-electron chi connectivity index (χ0n) is 11.0. The maximum Gasteiger partial charge on any atom is 0.311 e. The molecule has 106 valence electrons. The number of piperidine rings is 1. The van der Waals surface area contributed by atoms with E-state index in [0.717, 1.165) is 19.4 Å². The van der Waals surface area contributed by atoms with E-state index in [-0.39, 0.29) is 5.91 Å². The van der Waals surface area contributed by atoms with Crippen molar-refractivity contribution < 1.29 is 19.4 Å². The molecular formula is C13H20N2O4. The molecule has 1 saturated carbocycles. The van der Waals surface area contributed by atoms with Gasteiger partial charge in [0.25, 0.3) is 0 Å². The summed E-state index contributed by atoms with van der Waals surface area (Å²) in [5.41, 5.74) is -0.552. The summed E-state index contributed by atoms with van der Waals surface area (Å²) in [6.45, 7) is 4.24. The van der Waals surface area contributed by atoms with Crippen molar-refractivity contribution in [2.75, 3.05) is 45.9 Å². The highest BCUT2D eigenvalue weighted by molar-refractivity contribution is 5.80. The van der Waals surface area contributed by atoms with E-state index in [4.69, 9.17) is 4.74 Å². The molecule has 2 unspecified atom stereocenters. The van der Waals surface area contributed by atoms with Crippen molar-refractivity contribution in [2.45, 2.75) is 12.8 Å². The number of nitrogens with zero attached hydrogens (tertiary/aromatic N) is 2. The molecule has 0 bridgehead atoms. The Morgan fingerprint density at radius 2 is 2.00 bits per heavy atom. The third-order valence-corrected chi connectivity index (χ3v) is 4.68. The molecule has 3 fully saturated rings. The number of ether oxygens (including phenoxy) is 1. The lowest BCUT2D eigenvalue weighted by Gasteiger charge is -2.33. The van der Waals surface area contributed by atoms with Crippen molar-refractivity contribution in [2.24, 2.45) is 11.3 Å². The summed E-state index contributed by atoms with van der Waals surface area (Å²) >= 11 is 0. The normalized spacial score (nSPS) is 34.7. The highest BCUT2D eigenvalue weighted by Gasteiger charge is 2.62. The van der Waals surface area contributed by atoms with Crippen LogP contribution in [0.3, 0.4) is 0 Å². The quantitative estimate of drug-likeness (QED) is 0.757. The number of hydrogen-bond donors (Lipinski definition) is 1. The van der Waals surface area contributed by atoms with Crippen LogP contribution in [0.5, 0.6) is 0 Å². The summed E-state index contributed by atoms with van der Waals surface area (Å²) in [6.07, 6.45) is 1.69. The van der Waals surface area contributed by atoms with Crippen LogP contribution < -0.4 is 0 Å². The molecule has 2 heterocycles. The molecule has 19 heavy (non-hydrogen) atoms. The van der Waals surface area contributed by atoms with Crippen molar-refractivity contribution >= 4 is 11.9 Å². The van der Waals surface area contributed by atoms with Gasteiger partial charge in [0.05, 0.1) is 25.2 Å². The fourth-order valence-corrected chi connectivity index (χ4v) is 3.34. The third-order valence-electron chi connectivity index (χ3n) is 4.68. The van der Waals surface area contributed by atoms with Gasteiger partial charge in [0.2, 0.25) is 5.91 Å². The van der Waals surface area contributed by atoms with E-state index >= 15 is 0 Å². The zero-order chi connectivity index (χ0) is 13.5. The second kappa shape index (κ2) is 4.76. The summed E-state index contributed by atoms with van der Waals surface area (Å²) in [4.78, 5) is 27.3. The summed E-state index contributed by atoms with van der Waals surface area (Å²) < 4.78 is 5.23. The fourth-order valence-electron chi connectivity index (χ4n) is 3.34. The molecule has 1 N–H and O–H groups in total. The molecule has 2 aliphatic heterocycles. The van der Waals surface area contributed by atoms with Crippen LogP contribution in [-0.2, 0) is 14.3 Å². The molecule has 0 aromatic rings. The predicted molar refractivity (Wildman–Crippen MR) is 66.6 cm³/mol. The maximum absolute atomic E-state index is 12.1. The average Bonchev–Trinajstić information content (AvgIpc) is 3.15. The van der Waals surface area contributed by atoms with Gasteiger partial charge in [0, 0.05) is 19.6 Å². The van der Waals surface area contributed by atoms with Gasteiger partial charge >= 0.3 is 5.97 Å². The molecule has 2 atom stereocenters. The Morgan fingerprint density at radius 3 is 2.68 bits per heavy atom. The Kier molecular flexibility index (Phi) is 3.22. The highest BCUT2D eigenvalue weighted by atomic mass is 16.5. The first-order valence-electron chi connectivity index (χ1n) is 6.93. The monoisotopic (exact) mass is 268 g/mol. The molecule has 0 spiro atoms.